The maximum absolute atomic E-state index is 13.1. The number of likely N-dealkylation sites (N-methyl/N-ethyl adjacent to an activating group) is 2. The van der Waals surface area contributed by atoms with Crippen molar-refractivity contribution in [3.05, 3.63) is 52.4 Å². The molecule has 11 nitrogen and oxygen atoms in total. The maximum atomic E-state index is 13.1. The van der Waals surface area contributed by atoms with Crippen molar-refractivity contribution in [1.29, 1.82) is 0 Å². The first kappa shape index (κ1) is 29.3. The molecule has 4 rings (SSSR count). The summed E-state index contributed by atoms with van der Waals surface area (Å²) in [6.07, 6.45) is 7.87. The average molecular weight is 554 g/mol. The van der Waals surface area contributed by atoms with Gasteiger partial charge in [-0.2, -0.15) is 0 Å². The van der Waals surface area contributed by atoms with E-state index in [2.05, 4.69) is 20.5 Å². The summed E-state index contributed by atoms with van der Waals surface area (Å²) in [7, 11) is 3.71. The fraction of sp³-hybridized carbons (Fsp3) is 0.517. The van der Waals surface area contributed by atoms with Crippen LogP contribution in [0.1, 0.15) is 44.7 Å². The van der Waals surface area contributed by atoms with Gasteiger partial charge in [0.2, 0.25) is 5.91 Å². The van der Waals surface area contributed by atoms with E-state index in [1.165, 1.54) is 0 Å². The van der Waals surface area contributed by atoms with E-state index in [1.54, 1.807) is 24.2 Å². The molecule has 0 unspecified atom stereocenters. The molecule has 216 valence electrons. The SMILES string of the molecule is CN(CCOC/C=C/c1cnc2c(c1)[C@]1(CC3=C(CNC(C(=O)O)=C3)C1)C(=O)N2)CCN(C)C(=O)OC(C)(C)C. The Labute approximate surface area is 234 Å². The lowest BCUT2D eigenvalue weighted by Gasteiger charge is -2.26. The molecule has 11 heteroatoms. The summed E-state index contributed by atoms with van der Waals surface area (Å²) in [5.74, 6) is -0.535. The standard InChI is InChI=1S/C29H39N5O6/c1-28(2,3)40-27(38)34(5)9-8-33(4)10-12-39-11-6-7-19-13-22-24(31-17-19)32-26(37)29(22)15-20-14-23(25(35)36)30-18-21(20)16-29/h6-7,13-14,17,30H,8-12,15-16,18H2,1-5H3,(H,35,36)(H,31,32,37)/b7-6+/t29-/m1/s1. The Morgan fingerprint density at radius 3 is 2.70 bits per heavy atom. The molecular weight excluding hydrogens is 514 g/mol. The Hall–Kier alpha value is -3.70. The summed E-state index contributed by atoms with van der Waals surface area (Å²) in [6, 6.07) is 1.99. The van der Waals surface area contributed by atoms with Crippen LogP contribution in [0.2, 0.25) is 0 Å². The van der Waals surface area contributed by atoms with Gasteiger partial charge in [-0.05, 0) is 69.5 Å². The Morgan fingerprint density at radius 1 is 1.20 bits per heavy atom. The van der Waals surface area contributed by atoms with Gasteiger partial charge in [-0.25, -0.2) is 14.6 Å². The number of rotatable bonds is 10. The largest absolute Gasteiger partial charge is 0.477 e. The molecular formula is C29H39N5O6. The predicted molar refractivity (Wildman–Crippen MR) is 151 cm³/mol. The van der Waals surface area contributed by atoms with E-state index in [-0.39, 0.29) is 17.7 Å². The highest BCUT2D eigenvalue weighted by atomic mass is 16.6. The van der Waals surface area contributed by atoms with E-state index in [4.69, 9.17) is 9.47 Å². The minimum Gasteiger partial charge on any atom is -0.477 e. The number of hydrogen-bond donors (Lipinski definition) is 3. The van der Waals surface area contributed by atoms with Crippen molar-refractivity contribution >= 4 is 29.9 Å². The molecule has 1 spiro atoms. The van der Waals surface area contributed by atoms with Crippen LogP contribution in [0.3, 0.4) is 0 Å². The van der Waals surface area contributed by atoms with Crippen LogP contribution in [0.5, 0.6) is 0 Å². The average Bonchev–Trinajstić information content (AvgIpc) is 3.40. The first-order chi connectivity index (χ1) is 18.9. The summed E-state index contributed by atoms with van der Waals surface area (Å²) in [5.41, 5.74) is 2.56. The molecule has 1 atom stereocenters. The predicted octanol–water partition coefficient (Wildman–Crippen LogP) is 2.76. The Bertz CT molecular complexity index is 1260. The lowest BCUT2D eigenvalue weighted by atomic mass is 9.78. The molecule has 2 amide bonds. The maximum Gasteiger partial charge on any atom is 0.410 e. The number of nitrogens with one attached hydrogen (secondary N) is 2. The minimum atomic E-state index is -1.00. The van der Waals surface area contributed by atoms with Crippen LogP contribution >= 0.6 is 0 Å². The third kappa shape index (κ3) is 6.71. The Morgan fingerprint density at radius 2 is 1.98 bits per heavy atom. The van der Waals surface area contributed by atoms with Gasteiger partial charge in [0.05, 0.1) is 18.6 Å². The van der Waals surface area contributed by atoms with Crippen molar-refractivity contribution in [2.75, 3.05) is 58.8 Å². The second-order valence-electron chi connectivity index (χ2n) is 11.6. The second kappa shape index (κ2) is 11.8. The lowest BCUT2D eigenvalue weighted by molar-refractivity contribution is -0.133. The zero-order valence-corrected chi connectivity index (χ0v) is 23.9. The quantitative estimate of drug-likeness (QED) is 0.374. The molecule has 0 saturated carbocycles. The van der Waals surface area contributed by atoms with E-state index < -0.39 is 17.0 Å². The molecule has 2 aliphatic heterocycles. The fourth-order valence-corrected chi connectivity index (χ4v) is 5.04. The molecule has 3 aliphatic rings. The fourth-order valence-electron chi connectivity index (χ4n) is 5.04. The van der Waals surface area contributed by atoms with Crippen LogP contribution in [0.25, 0.3) is 6.08 Å². The molecule has 0 saturated heterocycles. The topological polar surface area (TPSA) is 133 Å². The number of anilines is 1. The number of carboxylic acids is 1. The van der Waals surface area contributed by atoms with E-state index >= 15 is 0 Å². The number of allylic oxidation sites excluding steroid dienone is 2. The van der Waals surface area contributed by atoms with Gasteiger partial charge < -0.3 is 35.0 Å². The monoisotopic (exact) mass is 553 g/mol. The number of dihydropyridines is 1. The minimum absolute atomic E-state index is 0.0967. The summed E-state index contributed by atoms with van der Waals surface area (Å²) in [5, 5.41) is 15.2. The highest BCUT2D eigenvalue weighted by molar-refractivity contribution is 6.06. The van der Waals surface area contributed by atoms with E-state index in [0.29, 0.717) is 51.5 Å². The number of carboxylic acid groups (broad SMARTS) is 1. The number of fused-ring (bicyclic) bond motifs is 2. The molecule has 40 heavy (non-hydrogen) atoms. The molecule has 0 aromatic carbocycles. The first-order valence-electron chi connectivity index (χ1n) is 13.5. The second-order valence-corrected chi connectivity index (χ2v) is 11.6. The van der Waals surface area contributed by atoms with Crippen molar-refractivity contribution in [1.82, 2.24) is 20.1 Å². The van der Waals surface area contributed by atoms with Crippen LogP contribution in [0, 0.1) is 0 Å². The zero-order valence-electron chi connectivity index (χ0n) is 23.9. The molecule has 1 aliphatic carbocycles. The van der Waals surface area contributed by atoms with Gasteiger partial charge >= 0.3 is 12.1 Å². The van der Waals surface area contributed by atoms with Crippen LogP contribution in [0.15, 0.2) is 41.3 Å². The van der Waals surface area contributed by atoms with E-state index in [1.807, 2.05) is 46.0 Å². The number of carbonyl (C=O) groups is 3. The number of aromatic nitrogens is 1. The number of nitrogens with zero attached hydrogens (tertiary/aromatic N) is 3. The highest BCUT2D eigenvalue weighted by Crippen LogP contribution is 2.51. The summed E-state index contributed by atoms with van der Waals surface area (Å²) >= 11 is 0. The number of amides is 2. The lowest BCUT2D eigenvalue weighted by Crippen LogP contribution is -2.39. The van der Waals surface area contributed by atoms with Crippen LogP contribution in [0.4, 0.5) is 10.6 Å². The zero-order chi connectivity index (χ0) is 29.1. The third-order valence-electron chi connectivity index (χ3n) is 7.26. The molecule has 1 aromatic heterocycles. The van der Waals surface area contributed by atoms with Crippen LogP contribution < -0.4 is 10.6 Å². The molecule has 3 heterocycles. The van der Waals surface area contributed by atoms with Crippen molar-refractivity contribution in [2.45, 2.75) is 44.6 Å². The van der Waals surface area contributed by atoms with Crippen molar-refractivity contribution in [3.8, 4) is 0 Å². The number of carbonyl (C=O) groups excluding carboxylic acids is 2. The van der Waals surface area contributed by atoms with Crippen molar-refractivity contribution in [2.24, 2.45) is 0 Å². The normalized spacial score (nSPS) is 19.9. The van der Waals surface area contributed by atoms with Crippen molar-refractivity contribution in [3.63, 3.8) is 0 Å². The smallest absolute Gasteiger partial charge is 0.410 e. The number of ether oxygens (including phenoxy) is 2. The van der Waals surface area contributed by atoms with Gasteiger partial charge in [0.1, 0.15) is 17.1 Å². The number of pyridine rings is 1. The summed E-state index contributed by atoms with van der Waals surface area (Å²) in [6.45, 7) is 8.91. The molecule has 3 N–H and O–H groups in total. The summed E-state index contributed by atoms with van der Waals surface area (Å²) < 4.78 is 11.1. The van der Waals surface area contributed by atoms with Gasteiger partial charge in [-0.3, -0.25) is 4.79 Å². The molecule has 0 fully saturated rings. The third-order valence-corrected chi connectivity index (χ3v) is 7.26. The number of hydrogen-bond acceptors (Lipinski definition) is 8. The molecule has 0 bridgehead atoms. The Balaban J connectivity index is 1.25. The van der Waals surface area contributed by atoms with Gasteiger partial charge in [0.15, 0.2) is 0 Å². The van der Waals surface area contributed by atoms with Crippen LogP contribution in [-0.4, -0.2) is 96.9 Å². The molecule has 1 aromatic rings. The van der Waals surface area contributed by atoms with Gasteiger partial charge in [0.25, 0.3) is 0 Å². The first-order valence-corrected chi connectivity index (χ1v) is 13.5. The van der Waals surface area contributed by atoms with Crippen LogP contribution in [-0.2, 0) is 24.5 Å². The number of aliphatic carboxylic acids is 1. The van der Waals surface area contributed by atoms with Gasteiger partial charge in [-0.1, -0.05) is 12.2 Å². The van der Waals surface area contributed by atoms with Gasteiger partial charge in [0, 0.05) is 45.0 Å². The van der Waals surface area contributed by atoms with E-state index in [9.17, 15) is 19.5 Å². The van der Waals surface area contributed by atoms with E-state index in [0.717, 1.165) is 28.8 Å². The summed E-state index contributed by atoms with van der Waals surface area (Å²) in [4.78, 5) is 44.7. The highest BCUT2D eigenvalue weighted by Gasteiger charge is 2.52. The van der Waals surface area contributed by atoms with Crippen molar-refractivity contribution < 1.29 is 29.0 Å². The molecule has 0 radical (unpaired) electrons. The Kier molecular flexibility index (Phi) is 8.65. The van der Waals surface area contributed by atoms with Gasteiger partial charge in [-0.15, -0.1) is 0 Å².